The number of ether oxygens (including phenoxy) is 3. The summed E-state index contributed by atoms with van der Waals surface area (Å²) < 4.78 is 17.1. The molecule has 2 amide bonds. The highest BCUT2D eigenvalue weighted by atomic mass is 35.5. The Bertz CT molecular complexity index is 1220. The molecule has 3 rings (SSSR count). The molecule has 0 aliphatic carbocycles. The van der Waals surface area contributed by atoms with E-state index in [4.69, 9.17) is 25.8 Å². The second-order valence-electron chi connectivity index (χ2n) is 9.62. The molecule has 0 saturated heterocycles. The van der Waals surface area contributed by atoms with E-state index >= 15 is 0 Å². The van der Waals surface area contributed by atoms with E-state index in [1.165, 1.54) is 0 Å². The molecular formula is C29H35ClN2O5. The van der Waals surface area contributed by atoms with Gasteiger partial charge in [-0.05, 0) is 68.7 Å². The number of fused-ring (bicyclic) bond motifs is 1. The van der Waals surface area contributed by atoms with Crippen molar-refractivity contribution < 1.29 is 23.8 Å². The van der Waals surface area contributed by atoms with E-state index in [2.05, 4.69) is 17.6 Å². The largest absolute Gasteiger partial charge is 0.493 e. The highest BCUT2D eigenvalue weighted by molar-refractivity contribution is 6.30. The normalized spacial score (nSPS) is 11.2. The Balaban J connectivity index is 1.73. The van der Waals surface area contributed by atoms with Gasteiger partial charge < -0.3 is 24.8 Å². The molecule has 0 aliphatic rings. The number of amides is 2. The van der Waals surface area contributed by atoms with E-state index in [1.54, 1.807) is 18.2 Å². The summed E-state index contributed by atoms with van der Waals surface area (Å²) in [6, 6.07) is 16.6. The van der Waals surface area contributed by atoms with Gasteiger partial charge in [0.25, 0.3) is 5.91 Å². The highest BCUT2D eigenvalue weighted by Gasteiger charge is 2.18. The number of rotatable bonds is 11. The van der Waals surface area contributed by atoms with Crippen LogP contribution in [0.1, 0.15) is 57.3 Å². The van der Waals surface area contributed by atoms with E-state index in [1.807, 2.05) is 57.2 Å². The van der Waals surface area contributed by atoms with Crippen molar-refractivity contribution in [2.75, 3.05) is 25.1 Å². The van der Waals surface area contributed by atoms with Gasteiger partial charge in [0.05, 0.1) is 24.5 Å². The van der Waals surface area contributed by atoms with Gasteiger partial charge in [0.1, 0.15) is 17.1 Å². The third-order valence-corrected chi connectivity index (χ3v) is 5.52. The summed E-state index contributed by atoms with van der Waals surface area (Å²) in [4.78, 5) is 25.2. The quantitative estimate of drug-likeness (QED) is 0.258. The van der Waals surface area contributed by atoms with Crippen molar-refractivity contribution in [3.8, 4) is 11.5 Å². The Morgan fingerprint density at radius 1 is 0.892 bits per heavy atom. The fraction of sp³-hybridized carbons (Fsp3) is 0.379. The minimum absolute atomic E-state index is 0.306. The molecule has 0 saturated carbocycles. The maximum Gasteiger partial charge on any atom is 0.407 e. The van der Waals surface area contributed by atoms with Crippen LogP contribution in [0.2, 0.25) is 5.02 Å². The number of nitrogens with one attached hydrogen (secondary N) is 2. The lowest BCUT2D eigenvalue weighted by molar-refractivity contribution is 0.0525. The fourth-order valence-electron chi connectivity index (χ4n) is 3.51. The molecule has 0 heterocycles. The Morgan fingerprint density at radius 2 is 1.57 bits per heavy atom. The van der Waals surface area contributed by atoms with Gasteiger partial charge in [0, 0.05) is 17.6 Å². The molecule has 0 radical (unpaired) electrons. The van der Waals surface area contributed by atoms with E-state index in [9.17, 15) is 9.59 Å². The number of carbonyl (C=O) groups is 2. The molecule has 0 unspecified atom stereocenters. The summed E-state index contributed by atoms with van der Waals surface area (Å²) in [6.07, 6.45) is 1.96. The van der Waals surface area contributed by atoms with Crippen LogP contribution in [-0.2, 0) is 4.74 Å². The zero-order valence-corrected chi connectivity index (χ0v) is 22.6. The predicted molar refractivity (Wildman–Crippen MR) is 148 cm³/mol. The topological polar surface area (TPSA) is 85.9 Å². The number of hydrogen-bond donors (Lipinski definition) is 2. The summed E-state index contributed by atoms with van der Waals surface area (Å²) in [5, 5.41) is 8.06. The summed E-state index contributed by atoms with van der Waals surface area (Å²) in [7, 11) is 0. The minimum atomic E-state index is -0.557. The monoisotopic (exact) mass is 526 g/mol. The van der Waals surface area contributed by atoms with Gasteiger partial charge in [-0.3, -0.25) is 4.79 Å². The summed E-state index contributed by atoms with van der Waals surface area (Å²) in [5.41, 5.74) is 0.373. The molecular weight excluding hydrogens is 492 g/mol. The van der Waals surface area contributed by atoms with Crippen molar-refractivity contribution >= 4 is 40.1 Å². The number of carbonyl (C=O) groups excluding carboxylic acids is 2. The van der Waals surface area contributed by atoms with Crippen LogP contribution in [0.25, 0.3) is 10.8 Å². The Morgan fingerprint density at radius 3 is 2.27 bits per heavy atom. The molecule has 0 bridgehead atoms. The van der Waals surface area contributed by atoms with Crippen molar-refractivity contribution in [3.63, 3.8) is 0 Å². The van der Waals surface area contributed by atoms with Crippen molar-refractivity contribution in [2.45, 2.75) is 52.6 Å². The van der Waals surface area contributed by atoms with Gasteiger partial charge >= 0.3 is 6.09 Å². The van der Waals surface area contributed by atoms with Gasteiger partial charge in [-0.2, -0.15) is 0 Å². The maximum atomic E-state index is 13.4. The summed E-state index contributed by atoms with van der Waals surface area (Å²) in [6.45, 7) is 8.74. The molecule has 2 N–H and O–H groups in total. The molecule has 3 aromatic rings. The van der Waals surface area contributed by atoms with Crippen LogP contribution >= 0.6 is 11.6 Å². The third kappa shape index (κ3) is 8.86. The number of benzene rings is 3. The first-order valence-corrected chi connectivity index (χ1v) is 12.9. The van der Waals surface area contributed by atoms with Crippen LogP contribution in [0.5, 0.6) is 11.5 Å². The average Bonchev–Trinajstić information content (AvgIpc) is 2.84. The number of unbranched alkanes of at least 4 members (excludes halogenated alkanes) is 1. The van der Waals surface area contributed by atoms with E-state index in [0.717, 1.165) is 23.6 Å². The minimum Gasteiger partial charge on any atom is -0.493 e. The molecule has 198 valence electrons. The van der Waals surface area contributed by atoms with Gasteiger partial charge in [-0.1, -0.05) is 49.2 Å². The van der Waals surface area contributed by atoms with Crippen molar-refractivity contribution in [1.29, 1.82) is 0 Å². The Kier molecular flexibility index (Phi) is 10.0. The van der Waals surface area contributed by atoms with Crippen LogP contribution in [0.4, 0.5) is 10.5 Å². The lowest BCUT2D eigenvalue weighted by Gasteiger charge is -2.19. The second kappa shape index (κ2) is 13.2. The van der Waals surface area contributed by atoms with Crippen LogP contribution in [0, 0.1) is 0 Å². The molecule has 8 heteroatoms. The first kappa shape index (κ1) is 28.1. The number of alkyl carbamates (subject to hydrolysis) is 1. The zero-order valence-electron chi connectivity index (χ0n) is 21.9. The zero-order chi connectivity index (χ0) is 26.8. The van der Waals surface area contributed by atoms with Gasteiger partial charge in [0.2, 0.25) is 0 Å². The van der Waals surface area contributed by atoms with Gasteiger partial charge in [0.15, 0.2) is 0 Å². The SMILES string of the molecule is CCCCOc1cc(Cl)ccc1NC(=O)c1cc2ccccc2cc1OCCCNC(=O)OC(C)(C)C. The predicted octanol–water partition coefficient (Wildman–Crippen LogP) is 7.22. The fourth-order valence-corrected chi connectivity index (χ4v) is 3.67. The Hall–Kier alpha value is -3.45. The maximum absolute atomic E-state index is 13.4. The molecule has 0 spiro atoms. The number of hydrogen-bond acceptors (Lipinski definition) is 5. The van der Waals surface area contributed by atoms with Crippen LogP contribution in [-0.4, -0.2) is 37.4 Å². The highest BCUT2D eigenvalue weighted by Crippen LogP contribution is 2.31. The van der Waals surface area contributed by atoms with Crippen LogP contribution in [0.15, 0.2) is 54.6 Å². The third-order valence-electron chi connectivity index (χ3n) is 5.29. The molecule has 7 nitrogen and oxygen atoms in total. The van der Waals surface area contributed by atoms with E-state index in [0.29, 0.717) is 54.0 Å². The van der Waals surface area contributed by atoms with Crippen LogP contribution in [0.3, 0.4) is 0 Å². The first-order valence-electron chi connectivity index (χ1n) is 12.5. The van der Waals surface area contributed by atoms with Crippen molar-refractivity contribution in [3.05, 3.63) is 65.2 Å². The molecule has 37 heavy (non-hydrogen) atoms. The van der Waals surface area contributed by atoms with E-state index < -0.39 is 11.7 Å². The lowest BCUT2D eigenvalue weighted by atomic mass is 10.0. The van der Waals surface area contributed by atoms with Crippen molar-refractivity contribution in [1.82, 2.24) is 5.32 Å². The Labute approximate surface area is 223 Å². The molecule has 0 aromatic heterocycles. The second-order valence-corrected chi connectivity index (χ2v) is 10.1. The first-order chi connectivity index (χ1) is 17.7. The average molecular weight is 527 g/mol. The molecule has 0 aliphatic heterocycles. The van der Waals surface area contributed by atoms with E-state index in [-0.39, 0.29) is 5.91 Å². The molecule has 0 fully saturated rings. The molecule has 0 atom stereocenters. The van der Waals surface area contributed by atoms with Crippen LogP contribution < -0.4 is 20.1 Å². The number of anilines is 1. The lowest BCUT2D eigenvalue weighted by Crippen LogP contribution is -2.33. The van der Waals surface area contributed by atoms with Gasteiger partial charge in [-0.25, -0.2) is 4.79 Å². The smallest absolute Gasteiger partial charge is 0.407 e. The number of halogens is 1. The standard InChI is InChI=1S/C29H35ClN2O5/c1-5-6-15-36-26-19-22(30)12-13-24(26)32-27(33)23-17-20-10-7-8-11-21(20)18-25(23)35-16-9-14-31-28(34)37-29(2,3)4/h7-8,10-13,17-19H,5-6,9,14-16H2,1-4H3,(H,31,34)(H,32,33). The summed E-state index contributed by atoms with van der Waals surface area (Å²) in [5.74, 6) is 0.650. The summed E-state index contributed by atoms with van der Waals surface area (Å²) >= 11 is 6.16. The van der Waals surface area contributed by atoms with Crippen molar-refractivity contribution in [2.24, 2.45) is 0 Å². The molecule has 3 aromatic carbocycles. The van der Waals surface area contributed by atoms with Gasteiger partial charge in [-0.15, -0.1) is 0 Å².